The Bertz CT molecular complexity index is 918. The van der Waals surface area contributed by atoms with Crippen molar-refractivity contribution >= 4 is 29.2 Å². The van der Waals surface area contributed by atoms with E-state index in [2.05, 4.69) is 22.1 Å². The predicted molar refractivity (Wildman–Crippen MR) is 117 cm³/mol. The number of likely N-dealkylation sites (tertiary alicyclic amines) is 2. The lowest BCUT2D eigenvalue weighted by Gasteiger charge is -2.39. The summed E-state index contributed by atoms with van der Waals surface area (Å²) in [6, 6.07) is 7.96. The van der Waals surface area contributed by atoms with Crippen LogP contribution in [0, 0.1) is 5.41 Å². The van der Waals surface area contributed by atoms with Crippen molar-refractivity contribution in [2.24, 2.45) is 5.41 Å². The van der Waals surface area contributed by atoms with E-state index in [4.69, 9.17) is 11.6 Å². The van der Waals surface area contributed by atoms with Crippen molar-refractivity contribution in [3.05, 3.63) is 47.2 Å². The van der Waals surface area contributed by atoms with Gasteiger partial charge in [-0.25, -0.2) is 4.79 Å². The van der Waals surface area contributed by atoms with Crippen LogP contribution in [0.2, 0.25) is 5.02 Å². The first-order chi connectivity index (χ1) is 14.3. The second-order valence-electron chi connectivity index (χ2n) is 8.58. The first kappa shape index (κ1) is 20.9. The summed E-state index contributed by atoms with van der Waals surface area (Å²) >= 11 is 5.99. The zero-order valence-electron chi connectivity index (χ0n) is 17.6. The van der Waals surface area contributed by atoms with Crippen LogP contribution in [0.15, 0.2) is 36.7 Å². The van der Waals surface area contributed by atoms with Crippen molar-refractivity contribution in [3.63, 3.8) is 0 Å². The second-order valence-corrected chi connectivity index (χ2v) is 9.01. The Hall–Kier alpha value is -2.38. The largest absolute Gasteiger partial charge is 0.344 e. The maximum atomic E-state index is 12.8. The van der Waals surface area contributed by atoms with Gasteiger partial charge in [-0.2, -0.15) is 9.78 Å². The molecule has 160 valence electrons. The number of halogens is 1. The molecule has 2 saturated heterocycles. The summed E-state index contributed by atoms with van der Waals surface area (Å²) in [5.74, 6) is -0.0914. The van der Waals surface area contributed by atoms with Crippen molar-refractivity contribution in [2.45, 2.75) is 32.7 Å². The van der Waals surface area contributed by atoms with E-state index in [9.17, 15) is 9.59 Å². The lowest BCUT2D eigenvalue weighted by Crippen LogP contribution is -2.45. The molecule has 2 amide bonds. The van der Waals surface area contributed by atoms with Gasteiger partial charge in [-0.1, -0.05) is 23.7 Å². The highest BCUT2D eigenvalue weighted by atomic mass is 35.5. The van der Waals surface area contributed by atoms with Crippen molar-refractivity contribution in [3.8, 4) is 0 Å². The number of carbonyl (C=O) groups is 2. The molecule has 2 aromatic rings. The van der Waals surface area contributed by atoms with Gasteiger partial charge < -0.3 is 9.80 Å². The van der Waals surface area contributed by atoms with E-state index < -0.39 is 0 Å². The Balaban J connectivity index is 1.32. The molecule has 4 rings (SSSR count). The van der Waals surface area contributed by atoms with Crippen LogP contribution in [-0.2, 0) is 11.3 Å². The third-order valence-corrected chi connectivity index (χ3v) is 6.81. The minimum absolute atomic E-state index is 0.0914. The van der Waals surface area contributed by atoms with E-state index in [-0.39, 0.29) is 11.9 Å². The normalized spacial score (nSPS) is 18.7. The van der Waals surface area contributed by atoms with E-state index in [1.54, 1.807) is 19.4 Å². The Labute approximate surface area is 182 Å². The number of benzene rings is 1. The molecule has 8 heteroatoms. The molecular weight excluding hydrogens is 402 g/mol. The smallest absolute Gasteiger partial charge is 0.323 e. The van der Waals surface area contributed by atoms with E-state index in [0.717, 1.165) is 50.6 Å². The van der Waals surface area contributed by atoms with Gasteiger partial charge in [0.25, 0.3) is 0 Å². The van der Waals surface area contributed by atoms with Crippen molar-refractivity contribution < 1.29 is 9.59 Å². The molecule has 3 heterocycles. The summed E-state index contributed by atoms with van der Waals surface area (Å²) in [6.45, 7) is 6.09. The fourth-order valence-corrected chi connectivity index (χ4v) is 4.63. The maximum absolute atomic E-state index is 12.8. The molecule has 2 aliphatic rings. The number of amides is 2. The van der Waals surface area contributed by atoms with Crippen LogP contribution in [0.5, 0.6) is 0 Å². The molecule has 0 atom stereocenters. The van der Waals surface area contributed by atoms with Gasteiger partial charge in [-0.3, -0.25) is 9.69 Å². The Morgan fingerprint density at radius 2 is 1.80 bits per heavy atom. The first-order valence-electron chi connectivity index (χ1n) is 10.4. The Morgan fingerprint density at radius 1 is 1.13 bits per heavy atom. The molecule has 0 aliphatic carbocycles. The summed E-state index contributed by atoms with van der Waals surface area (Å²) in [5.41, 5.74) is 2.21. The van der Waals surface area contributed by atoms with Gasteiger partial charge in [0.1, 0.15) is 0 Å². The molecule has 30 heavy (non-hydrogen) atoms. The number of nitrogens with zero attached hydrogens (tertiary/aromatic N) is 5. The molecule has 2 aliphatic heterocycles. The maximum Gasteiger partial charge on any atom is 0.344 e. The number of rotatable bonds is 3. The Kier molecular flexibility index (Phi) is 5.84. The molecule has 0 N–H and O–H groups in total. The topological polar surface area (TPSA) is 61.7 Å². The summed E-state index contributed by atoms with van der Waals surface area (Å²) in [4.78, 5) is 30.2. The van der Waals surface area contributed by atoms with E-state index in [1.165, 1.54) is 28.5 Å². The van der Waals surface area contributed by atoms with E-state index >= 15 is 0 Å². The molecule has 0 saturated carbocycles. The molecule has 7 nitrogen and oxygen atoms in total. The zero-order chi connectivity index (χ0) is 21.3. The monoisotopic (exact) mass is 429 g/mol. The summed E-state index contributed by atoms with van der Waals surface area (Å²) < 4.78 is 1.34. The molecule has 0 radical (unpaired) electrons. The second kappa shape index (κ2) is 8.40. The van der Waals surface area contributed by atoms with Crippen LogP contribution in [0.4, 0.5) is 10.5 Å². The molecule has 1 aromatic heterocycles. The molecule has 0 bridgehead atoms. The quantitative estimate of drug-likeness (QED) is 0.749. The highest BCUT2D eigenvalue weighted by molar-refractivity contribution is 6.30. The number of piperidine rings is 1. The minimum Gasteiger partial charge on any atom is -0.323 e. The van der Waals surface area contributed by atoms with Gasteiger partial charge in [-0.05, 0) is 48.9 Å². The number of hydrogen-bond acceptors (Lipinski definition) is 4. The van der Waals surface area contributed by atoms with Crippen molar-refractivity contribution in [1.29, 1.82) is 0 Å². The van der Waals surface area contributed by atoms with Gasteiger partial charge in [0.05, 0.1) is 18.1 Å². The van der Waals surface area contributed by atoms with Gasteiger partial charge >= 0.3 is 6.03 Å². The summed E-state index contributed by atoms with van der Waals surface area (Å²) in [5, 5.41) is 4.93. The van der Waals surface area contributed by atoms with E-state index in [1.807, 2.05) is 17.0 Å². The highest BCUT2D eigenvalue weighted by Gasteiger charge is 2.41. The van der Waals surface area contributed by atoms with Crippen LogP contribution in [0.3, 0.4) is 0 Å². The highest BCUT2D eigenvalue weighted by Crippen LogP contribution is 2.41. The Morgan fingerprint density at radius 3 is 2.47 bits per heavy atom. The summed E-state index contributed by atoms with van der Waals surface area (Å²) in [6.07, 6.45) is 6.38. The fourth-order valence-electron chi connectivity index (χ4n) is 4.51. The van der Waals surface area contributed by atoms with Crippen LogP contribution >= 0.6 is 11.6 Å². The number of hydrogen-bond donors (Lipinski definition) is 0. The number of aromatic nitrogens is 2. The van der Waals surface area contributed by atoms with Crippen LogP contribution in [0.25, 0.3) is 0 Å². The van der Waals surface area contributed by atoms with Gasteiger partial charge in [0, 0.05) is 45.2 Å². The molecule has 2 fully saturated rings. The predicted octanol–water partition coefficient (Wildman–Crippen LogP) is 3.48. The standard InChI is InChI=1S/C22H28ClN5O2/c1-17(29)25(2)20-13-24-28(15-20)21(30)27-11-8-22(9-12-27)7-10-26(16-22)14-18-3-5-19(23)6-4-18/h3-6,13,15H,7-12,14,16H2,1-2H3. The van der Waals surface area contributed by atoms with Crippen LogP contribution in [-0.4, -0.2) is 64.7 Å². The fraction of sp³-hybridized carbons (Fsp3) is 0.500. The summed E-state index contributed by atoms with van der Waals surface area (Å²) in [7, 11) is 1.68. The van der Waals surface area contributed by atoms with Gasteiger partial charge in [-0.15, -0.1) is 0 Å². The van der Waals surface area contributed by atoms with Gasteiger partial charge in [0.2, 0.25) is 5.91 Å². The van der Waals surface area contributed by atoms with E-state index in [0.29, 0.717) is 11.1 Å². The number of anilines is 1. The third-order valence-electron chi connectivity index (χ3n) is 6.56. The molecular formula is C22H28ClN5O2. The number of carbonyl (C=O) groups excluding carboxylic acids is 2. The molecule has 0 unspecified atom stereocenters. The van der Waals surface area contributed by atoms with Crippen molar-refractivity contribution in [2.75, 3.05) is 38.1 Å². The molecule has 1 spiro atoms. The average molecular weight is 430 g/mol. The van der Waals surface area contributed by atoms with Crippen LogP contribution in [0.1, 0.15) is 31.7 Å². The zero-order valence-corrected chi connectivity index (χ0v) is 18.3. The first-order valence-corrected chi connectivity index (χ1v) is 10.8. The van der Waals surface area contributed by atoms with Gasteiger partial charge in [0.15, 0.2) is 0 Å². The average Bonchev–Trinajstić information content (AvgIpc) is 3.37. The lowest BCUT2D eigenvalue weighted by molar-refractivity contribution is -0.116. The lowest BCUT2D eigenvalue weighted by atomic mass is 9.78. The SMILES string of the molecule is CC(=O)N(C)c1cnn(C(=O)N2CCC3(CCN(Cc4ccc(Cl)cc4)C3)CC2)c1. The minimum atomic E-state index is -0.121. The molecule has 1 aromatic carbocycles. The third kappa shape index (κ3) is 4.37. The van der Waals surface area contributed by atoms with Crippen LogP contribution < -0.4 is 4.90 Å². The van der Waals surface area contributed by atoms with Crippen molar-refractivity contribution in [1.82, 2.24) is 19.6 Å².